The van der Waals surface area contributed by atoms with Gasteiger partial charge in [-0.3, -0.25) is 0 Å². The number of carboxylic acid groups (broad SMARTS) is 1. The molecule has 0 aliphatic heterocycles. The Balaban J connectivity index is 1.32. The standard InChI is InChI=1S/C26H19F4NO4/c27-21-18(22(28)24(30)20(23(21)29)25(32)33)11-5-6-12-31-26(34)35-13-19-16-9-3-1-7-14(16)15-8-2-4-10-17(15)19/h1-5,7-11,19H,6,12-13H2,(H,31,34)(H,32,33). The molecule has 1 aliphatic rings. The van der Waals surface area contributed by atoms with E-state index in [-0.39, 0.29) is 25.5 Å². The summed E-state index contributed by atoms with van der Waals surface area (Å²) < 4.78 is 60.8. The quantitative estimate of drug-likeness (QED) is 0.249. The average Bonchev–Trinajstić information content (AvgIpc) is 3.17. The highest BCUT2D eigenvalue weighted by atomic mass is 19.2. The summed E-state index contributed by atoms with van der Waals surface area (Å²) in [6, 6.07) is 15.7. The molecule has 4 rings (SSSR count). The molecule has 180 valence electrons. The summed E-state index contributed by atoms with van der Waals surface area (Å²) in [7, 11) is 0. The Morgan fingerprint density at radius 2 is 1.43 bits per heavy atom. The lowest BCUT2D eigenvalue weighted by Crippen LogP contribution is -2.26. The van der Waals surface area contributed by atoms with E-state index in [9.17, 15) is 27.2 Å². The molecule has 5 nitrogen and oxygen atoms in total. The van der Waals surface area contributed by atoms with Crippen LogP contribution in [-0.4, -0.2) is 30.3 Å². The van der Waals surface area contributed by atoms with E-state index >= 15 is 0 Å². The van der Waals surface area contributed by atoms with E-state index in [1.54, 1.807) is 0 Å². The number of hydrogen-bond acceptors (Lipinski definition) is 3. The summed E-state index contributed by atoms with van der Waals surface area (Å²) in [6.07, 6.45) is 1.33. The number of benzene rings is 3. The molecule has 0 unspecified atom stereocenters. The highest BCUT2D eigenvalue weighted by Crippen LogP contribution is 2.44. The van der Waals surface area contributed by atoms with E-state index < -0.39 is 46.5 Å². The van der Waals surface area contributed by atoms with Gasteiger partial charge in [-0.2, -0.15) is 0 Å². The van der Waals surface area contributed by atoms with Crippen molar-refractivity contribution in [3.63, 3.8) is 0 Å². The predicted octanol–water partition coefficient (Wildman–Crippen LogP) is 5.88. The molecule has 0 spiro atoms. The molecule has 9 heteroatoms. The van der Waals surface area contributed by atoms with Crippen LogP contribution in [0, 0.1) is 23.3 Å². The van der Waals surface area contributed by atoms with Gasteiger partial charge in [-0.1, -0.05) is 60.7 Å². The van der Waals surface area contributed by atoms with Crippen LogP contribution < -0.4 is 5.32 Å². The van der Waals surface area contributed by atoms with Crippen molar-refractivity contribution in [1.82, 2.24) is 5.32 Å². The molecule has 0 bridgehead atoms. The number of rotatable bonds is 7. The van der Waals surface area contributed by atoms with Gasteiger partial charge < -0.3 is 15.2 Å². The molecule has 3 aromatic rings. The molecule has 3 aromatic carbocycles. The van der Waals surface area contributed by atoms with Crippen molar-refractivity contribution in [3.8, 4) is 11.1 Å². The summed E-state index contributed by atoms with van der Waals surface area (Å²) in [5.74, 6) is -9.86. The van der Waals surface area contributed by atoms with Crippen molar-refractivity contribution >= 4 is 18.1 Å². The number of amides is 1. The van der Waals surface area contributed by atoms with Crippen LogP contribution in [0.5, 0.6) is 0 Å². The largest absolute Gasteiger partial charge is 0.477 e. The summed E-state index contributed by atoms with van der Waals surface area (Å²) >= 11 is 0. The van der Waals surface area contributed by atoms with Crippen LogP contribution in [0.1, 0.15) is 39.4 Å². The molecule has 0 fully saturated rings. The van der Waals surface area contributed by atoms with Crippen LogP contribution in [0.4, 0.5) is 22.4 Å². The lowest BCUT2D eigenvalue weighted by atomic mass is 9.98. The molecule has 0 radical (unpaired) electrons. The third-order valence-electron chi connectivity index (χ3n) is 5.72. The van der Waals surface area contributed by atoms with Gasteiger partial charge in [0.1, 0.15) is 12.2 Å². The van der Waals surface area contributed by atoms with Gasteiger partial charge in [-0.25, -0.2) is 27.2 Å². The Hall–Kier alpha value is -4.14. The molecule has 0 saturated heterocycles. The summed E-state index contributed by atoms with van der Waals surface area (Å²) in [5, 5.41) is 11.2. The predicted molar refractivity (Wildman–Crippen MR) is 120 cm³/mol. The molecule has 0 atom stereocenters. The third kappa shape index (κ3) is 4.62. The second-order valence-electron chi connectivity index (χ2n) is 7.79. The van der Waals surface area contributed by atoms with Gasteiger partial charge in [-0.15, -0.1) is 0 Å². The minimum Gasteiger partial charge on any atom is -0.477 e. The van der Waals surface area contributed by atoms with Crippen molar-refractivity contribution in [3.05, 3.63) is 100 Å². The number of aromatic carboxylic acids is 1. The van der Waals surface area contributed by atoms with Crippen molar-refractivity contribution < 1.29 is 37.0 Å². The van der Waals surface area contributed by atoms with Crippen LogP contribution in [0.3, 0.4) is 0 Å². The van der Waals surface area contributed by atoms with Gasteiger partial charge >= 0.3 is 12.1 Å². The van der Waals surface area contributed by atoms with Crippen molar-refractivity contribution in [2.24, 2.45) is 0 Å². The van der Waals surface area contributed by atoms with Crippen LogP contribution in [0.25, 0.3) is 17.2 Å². The zero-order chi connectivity index (χ0) is 25.1. The number of nitrogens with one attached hydrogen (secondary N) is 1. The SMILES string of the molecule is O=C(NCCC=Cc1c(F)c(F)c(C(=O)O)c(F)c1F)OCC1c2ccccc2-c2ccccc21. The number of carbonyl (C=O) groups is 2. The number of fused-ring (bicyclic) bond motifs is 3. The van der Waals surface area contributed by atoms with Gasteiger partial charge in [0.05, 0.1) is 5.56 Å². The average molecular weight is 485 g/mol. The molecule has 2 N–H and O–H groups in total. The fraction of sp³-hybridized carbons (Fsp3) is 0.154. The van der Waals surface area contributed by atoms with Crippen LogP contribution >= 0.6 is 0 Å². The fourth-order valence-corrected chi connectivity index (χ4v) is 4.09. The highest BCUT2D eigenvalue weighted by molar-refractivity contribution is 5.88. The smallest absolute Gasteiger partial charge is 0.407 e. The maximum Gasteiger partial charge on any atom is 0.407 e. The van der Waals surface area contributed by atoms with E-state index in [0.717, 1.165) is 28.3 Å². The van der Waals surface area contributed by atoms with E-state index in [1.807, 2.05) is 48.5 Å². The summed E-state index contributed by atoms with van der Waals surface area (Å²) in [6.45, 7) is 0.134. The molecule has 35 heavy (non-hydrogen) atoms. The van der Waals surface area contributed by atoms with Crippen molar-refractivity contribution in [1.29, 1.82) is 0 Å². The van der Waals surface area contributed by atoms with Crippen molar-refractivity contribution in [2.75, 3.05) is 13.2 Å². The Kier molecular flexibility index (Phi) is 6.86. The molecule has 1 aliphatic carbocycles. The minimum absolute atomic E-state index is 0.0224. The number of hydrogen-bond donors (Lipinski definition) is 2. The topological polar surface area (TPSA) is 75.6 Å². The van der Waals surface area contributed by atoms with E-state index in [4.69, 9.17) is 9.84 Å². The first-order valence-corrected chi connectivity index (χ1v) is 10.7. The zero-order valence-electron chi connectivity index (χ0n) is 18.2. The van der Waals surface area contributed by atoms with Gasteiger partial charge in [0.25, 0.3) is 0 Å². The van der Waals surface area contributed by atoms with E-state index in [2.05, 4.69) is 5.32 Å². The lowest BCUT2D eigenvalue weighted by Gasteiger charge is -2.14. The zero-order valence-corrected chi connectivity index (χ0v) is 18.2. The monoisotopic (exact) mass is 485 g/mol. The second kappa shape index (κ2) is 10.0. The van der Waals surface area contributed by atoms with Crippen LogP contribution in [0.2, 0.25) is 0 Å². The van der Waals surface area contributed by atoms with Crippen LogP contribution in [-0.2, 0) is 4.74 Å². The third-order valence-corrected chi connectivity index (χ3v) is 5.72. The van der Waals surface area contributed by atoms with Gasteiger partial charge in [0.15, 0.2) is 23.3 Å². The van der Waals surface area contributed by atoms with Gasteiger partial charge in [0, 0.05) is 12.5 Å². The molecule has 0 heterocycles. The molecular formula is C26H19F4NO4. The van der Waals surface area contributed by atoms with E-state index in [0.29, 0.717) is 0 Å². The fourth-order valence-electron chi connectivity index (χ4n) is 4.09. The van der Waals surface area contributed by atoms with Gasteiger partial charge in [0.2, 0.25) is 0 Å². The van der Waals surface area contributed by atoms with Gasteiger partial charge in [-0.05, 0) is 28.7 Å². The summed E-state index contributed by atoms with van der Waals surface area (Å²) in [5.41, 5.74) is 1.54. The first kappa shape index (κ1) is 24.0. The maximum atomic E-state index is 14.0. The maximum absolute atomic E-state index is 14.0. The molecule has 0 aromatic heterocycles. The Morgan fingerprint density at radius 3 is 1.97 bits per heavy atom. The Morgan fingerprint density at radius 1 is 0.886 bits per heavy atom. The molecule has 1 amide bonds. The number of carboxylic acids is 1. The van der Waals surface area contributed by atoms with E-state index in [1.165, 1.54) is 6.08 Å². The normalized spacial score (nSPS) is 12.5. The van der Waals surface area contributed by atoms with Crippen LogP contribution in [0.15, 0.2) is 54.6 Å². The highest BCUT2D eigenvalue weighted by Gasteiger charge is 2.29. The number of halogens is 4. The number of ether oxygens (including phenoxy) is 1. The minimum atomic E-state index is -2.12. The molecule has 0 saturated carbocycles. The second-order valence-corrected chi connectivity index (χ2v) is 7.79. The summed E-state index contributed by atoms with van der Waals surface area (Å²) in [4.78, 5) is 22.9. The number of carbonyl (C=O) groups excluding carboxylic acids is 1. The number of alkyl carbamates (subject to hydrolysis) is 1. The van der Waals surface area contributed by atoms with Crippen molar-refractivity contribution in [2.45, 2.75) is 12.3 Å². The lowest BCUT2D eigenvalue weighted by molar-refractivity contribution is 0.0683. The Bertz CT molecular complexity index is 1260. The first-order chi connectivity index (χ1) is 16.8. The first-order valence-electron chi connectivity index (χ1n) is 10.7. The molecular weight excluding hydrogens is 466 g/mol. The Labute approximate surface area is 197 Å².